The Kier molecular flexibility index (Phi) is 4.15. The molecule has 1 aromatic rings. The van der Waals surface area contributed by atoms with Crippen molar-refractivity contribution in [3.8, 4) is 0 Å². The Hall–Kier alpha value is -1.62. The van der Waals surface area contributed by atoms with E-state index >= 15 is 0 Å². The first-order chi connectivity index (χ1) is 8.70. The van der Waals surface area contributed by atoms with Gasteiger partial charge in [-0.1, -0.05) is 12.8 Å². The van der Waals surface area contributed by atoms with Crippen LogP contribution in [-0.4, -0.2) is 16.9 Å². The molecule has 1 heterocycles. The van der Waals surface area contributed by atoms with Crippen molar-refractivity contribution in [1.29, 1.82) is 0 Å². The van der Waals surface area contributed by atoms with Crippen LogP contribution in [0.4, 0.5) is 5.69 Å². The van der Waals surface area contributed by atoms with Crippen LogP contribution in [0.5, 0.6) is 0 Å². The fourth-order valence-electron chi connectivity index (χ4n) is 2.50. The minimum absolute atomic E-state index is 0.133. The average molecular weight is 248 g/mol. The van der Waals surface area contributed by atoms with Gasteiger partial charge in [-0.25, -0.2) is 0 Å². The van der Waals surface area contributed by atoms with Gasteiger partial charge in [0, 0.05) is 12.2 Å². The number of nitrogens with two attached hydrogens (primary N) is 1. The summed E-state index contributed by atoms with van der Waals surface area (Å²) in [5, 5.41) is 3.02. The second-order valence-corrected chi connectivity index (χ2v) is 4.88. The summed E-state index contributed by atoms with van der Waals surface area (Å²) in [5.41, 5.74) is 3.59. The Labute approximate surface area is 107 Å². The summed E-state index contributed by atoms with van der Waals surface area (Å²) in [4.78, 5) is 16.1. The van der Waals surface area contributed by atoms with Crippen molar-refractivity contribution in [3.63, 3.8) is 0 Å². The van der Waals surface area contributed by atoms with Gasteiger partial charge >= 0.3 is 0 Å². The number of aromatic nitrogens is 1. The van der Waals surface area contributed by atoms with Crippen LogP contribution in [0.1, 0.15) is 43.1 Å². The average Bonchev–Trinajstić information content (AvgIpc) is 2.92. The van der Waals surface area contributed by atoms with E-state index in [1.165, 1.54) is 25.7 Å². The maximum atomic E-state index is 12.0. The quantitative estimate of drug-likeness (QED) is 0.559. The first-order valence-corrected chi connectivity index (χ1v) is 6.44. The van der Waals surface area contributed by atoms with Crippen LogP contribution in [0.15, 0.2) is 18.3 Å². The van der Waals surface area contributed by atoms with Gasteiger partial charge in [-0.05, 0) is 37.8 Å². The predicted molar refractivity (Wildman–Crippen MR) is 70.9 cm³/mol. The monoisotopic (exact) mass is 248 g/mol. The molecular weight excluding hydrogens is 228 g/mol. The van der Waals surface area contributed by atoms with Gasteiger partial charge in [-0.15, -0.1) is 0 Å². The topological polar surface area (TPSA) is 80.0 Å². The number of pyridine rings is 1. The smallest absolute Gasteiger partial charge is 0.270 e. The summed E-state index contributed by atoms with van der Waals surface area (Å²) in [6.45, 7) is 2.07. The van der Waals surface area contributed by atoms with Crippen LogP contribution >= 0.6 is 0 Å². The molecule has 4 N–H and O–H groups in total. The molecule has 5 nitrogen and oxygen atoms in total. The van der Waals surface area contributed by atoms with Gasteiger partial charge in [-0.3, -0.25) is 15.6 Å². The molecule has 0 aromatic carbocycles. The summed E-state index contributed by atoms with van der Waals surface area (Å²) in [6, 6.07) is 3.57. The molecule has 98 valence electrons. The Bertz CT molecular complexity index is 415. The van der Waals surface area contributed by atoms with Gasteiger partial charge in [-0.2, -0.15) is 0 Å². The molecule has 1 fully saturated rings. The van der Waals surface area contributed by atoms with E-state index in [0.29, 0.717) is 17.3 Å². The molecule has 18 heavy (non-hydrogen) atoms. The second kappa shape index (κ2) is 5.82. The molecule has 0 bridgehead atoms. The SMILES string of the molecule is CC(NC(=O)c1cc(NN)ccn1)C1CCCC1. The first kappa shape index (κ1) is 12.8. The lowest BCUT2D eigenvalue weighted by Gasteiger charge is -2.20. The van der Waals surface area contributed by atoms with E-state index in [9.17, 15) is 4.79 Å². The number of nitrogens with one attached hydrogen (secondary N) is 2. The number of carbonyl (C=O) groups excluding carboxylic acids is 1. The summed E-state index contributed by atoms with van der Waals surface area (Å²) in [6.07, 6.45) is 6.54. The minimum atomic E-state index is -0.133. The van der Waals surface area contributed by atoms with Gasteiger partial charge in [0.25, 0.3) is 5.91 Å². The number of hydrazine groups is 1. The minimum Gasteiger partial charge on any atom is -0.348 e. The summed E-state index contributed by atoms with van der Waals surface area (Å²) in [7, 11) is 0. The molecule has 1 aliphatic rings. The lowest BCUT2D eigenvalue weighted by Crippen LogP contribution is -2.37. The van der Waals surface area contributed by atoms with E-state index in [4.69, 9.17) is 5.84 Å². The highest BCUT2D eigenvalue weighted by atomic mass is 16.1. The summed E-state index contributed by atoms with van der Waals surface area (Å²) >= 11 is 0. The highest BCUT2D eigenvalue weighted by Crippen LogP contribution is 2.27. The highest BCUT2D eigenvalue weighted by Gasteiger charge is 2.23. The number of hydrogen-bond acceptors (Lipinski definition) is 4. The van der Waals surface area contributed by atoms with Gasteiger partial charge < -0.3 is 10.7 Å². The molecule has 0 radical (unpaired) electrons. The number of nitrogen functional groups attached to an aromatic ring is 1. The Morgan fingerprint density at radius 2 is 2.22 bits per heavy atom. The van der Waals surface area contributed by atoms with Crippen LogP contribution in [0.2, 0.25) is 0 Å². The maximum Gasteiger partial charge on any atom is 0.270 e. The van der Waals surface area contributed by atoms with Crippen molar-refractivity contribution in [2.24, 2.45) is 11.8 Å². The number of hydrogen-bond donors (Lipinski definition) is 3. The Morgan fingerprint density at radius 1 is 1.50 bits per heavy atom. The largest absolute Gasteiger partial charge is 0.348 e. The molecule has 1 aliphatic carbocycles. The zero-order valence-electron chi connectivity index (χ0n) is 10.6. The molecule has 1 unspecified atom stereocenters. The number of anilines is 1. The molecule has 0 spiro atoms. The third-order valence-corrected chi connectivity index (χ3v) is 3.62. The van der Waals surface area contributed by atoms with Gasteiger partial charge in [0.05, 0.1) is 5.69 Å². The number of rotatable bonds is 4. The lowest BCUT2D eigenvalue weighted by atomic mass is 10.00. The molecule has 1 saturated carbocycles. The molecule has 0 saturated heterocycles. The molecule has 1 atom stereocenters. The van der Waals surface area contributed by atoms with Crippen molar-refractivity contribution in [3.05, 3.63) is 24.0 Å². The molecular formula is C13H20N4O. The zero-order valence-corrected chi connectivity index (χ0v) is 10.6. The van der Waals surface area contributed by atoms with E-state index in [2.05, 4.69) is 22.7 Å². The Morgan fingerprint density at radius 3 is 2.89 bits per heavy atom. The van der Waals surface area contributed by atoms with Crippen LogP contribution in [0.3, 0.4) is 0 Å². The van der Waals surface area contributed by atoms with Crippen LogP contribution in [0, 0.1) is 5.92 Å². The van der Waals surface area contributed by atoms with Crippen LogP contribution < -0.4 is 16.6 Å². The van der Waals surface area contributed by atoms with Gasteiger partial charge in [0.2, 0.25) is 0 Å². The predicted octanol–water partition coefficient (Wildman–Crippen LogP) is 1.68. The molecule has 5 heteroatoms. The van der Waals surface area contributed by atoms with E-state index < -0.39 is 0 Å². The van der Waals surface area contributed by atoms with Crippen molar-refractivity contribution < 1.29 is 4.79 Å². The summed E-state index contributed by atoms with van der Waals surface area (Å²) < 4.78 is 0. The lowest BCUT2D eigenvalue weighted by molar-refractivity contribution is 0.0922. The standard InChI is InChI=1S/C13H20N4O/c1-9(10-4-2-3-5-10)16-13(18)12-8-11(17-14)6-7-15-12/h6-10H,2-5,14H2,1H3,(H,15,17)(H,16,18). The maximum absolute atomic E-state index is 12.0. The van der Waals surface area contributed by atoms with E-state index in [0.717, 1.165) is 0 Å². The van der Waals surface area contributed by atoms with Crippen LogP contribution in [-0.2, 0) is 0 Å². The van der Waals surface area contributed by atoms with E-state index in [1.807, 2.05) is 0 Å². The zero-order chi connectivity index (χ0) is 13.0. The molecule has 0 aliphatic heterocycles. The third-order valence-electron chi connectivity index (χ3n) is 3.62. The van der Waals surface area contributed by atoms with E-state index in [1.54, 1.807) is 18.3 Å². The number of carbonyl (C=O) groups is 1. The third kappa shape index (κ3) is 2.98. The van der Waals surface area contributed by atoms with Crippen molar-refractivity contribution in [2.75, 3.05) is 5.43 Å². The Balaban J connectivity index is 1.97. The second-order valence-electron chi connectivity index (χ2n) is 4.88. The van der Waals surface area contributed by atoms with E-state index in [-0.39, 0.29) is 11.9 Å². The fraction of sp³-hybridized carbons (Fsp3) is 0.538. The number of nitrogens with zero attached hydrogens (tertiary/aromatic N) is 1. The molecule has 2 rings (SSSR count). The van der Waals surface area contributed by atoms with Crippen molar-refractivity contribution >= 4 is 11.6 Å². The first-order valence-electron chi connectivity index (χ1n) is 6.44. The molecule has 1 aromatic heterocycles. The highest BCUT2D eigenvalue weighted by molar-refractivity contribution is 5.93. The van der Waals surface area contributed by atoms with Crippen molar-refractivity contribution in [1.82, 2.24) is 10.3 Å². The van der Waals surface area contributed by atoms with Crippen LogP contribution in [0.25, 0.3) is 0 Å². The normalized spacial score (nSPS) is 17.4. The van der Waals surface area contributed by atoms with Crippen molar-refractivity contribution in [2.45, 2.75) is 38.6 Å². The number of amides is 1. The van der Waals surface area contributed by atoms with Gasteiger partial charge in [0.15, 0.2) is 0 Å². The summed E-state index contributed by atoms with van der Waals surface area (Å²) in [5.74, 6) is 5.78. The fourth-order valence-corrected chi connectivity index (χ4v) is 2.50. The van der Waals surface area contributed by atoms with Gasteiger partial charge in [0.1, 0.15) is 5.69 Å². The molecule has 1 amide bonds.